The topological polar surface area (TPSA) is 74.0 Å². The van der Waals surface area contributed by atoms with Crippen LogP contribution in [0.5, 0.6) is 0 Å². The van der Waals surface area contributed by atoms with Crippen molar-refractivity contribution in [3.8, 4) is 6.07 Å². The Balaban J connectivity index is 1.45. The molecule has 0 saturated carbocycles. The number of amides is 2. The highest BCUT2D eigenvalue weighted by Gasteiger charge is 2.39. The van der Waals surface area contributed by atoms with Gasteiger partial charge in [-0.3, -0.25) is 10.00 Å². The molecule has 1 fully saturated rings. The molecule has 0 radical (unpaired) electrons. The quantitative estimate of drug-likeness (QED) is 0.917. The first-order valence-corrected chi connectivity index (χ1v) is 9.00. The normalized spacial score (nSPS) is 21.2. The van der Waals surface area contributed by atoms with Gasteiger partial charge in [0.05, 0.1) is 25.1 Å². The zero-order valence-electron chi connectivity index (χ0n) is 14.5. The number of urea groups is 1. The van der Waals surface area contributed by atoms with Crippen molar-refractivity contribution in [3.63, 3.8) is 0 Å². The number of benzene rings is 1. The molecule has 4 rings (SSSR count). The van der Waals surface area contributed by atoms with Gasteiger partial charge in [-0.1, -0.05) is 36.4 Å². The van der Waals surface area contributed by atoms with Gasteiger partial charge in [-0.05, 0) is 30.4 Å². The number of anilines is 1. The fourth-order valence-electron chi connectivity index (χ4n) is 3.90. The minimum atomic E-state index is -0.0913. The standard InChI is InChI=1S/C20H21N5O/c21-10-4-11-24-12-9-19(23-24)22-20(26)25-17-7-8-18(25)14-16(13-17)15-5-2-1-3-6-15/h1-3,5-6,9,12-13,17-18H,4,7-8,11,14H2,(H,22,23,26)/t17-,18-/m1/s1. The summed E-state index contributed by atoms with van der Waals surface area (Å²) in [5.41, 5.74) is 2.59. The van der Waals surface area contributed by atoms with Gasteiger partial charge in [0, 0.05) is 18.3 Å². The van der Waals surface area contributed by atoms with Crippen molar-refractivity contribution in [2.45, 2.75) is 44.3 Å². The van der Waals surface area contributed by atoms with E-state index in [9.17, 15) is 4.79 Å². The van der Waals surface area contributed by atoms with E-state index in [0.29, 0.717) is 18.8 Å². The van der Waals surface area contributed by atoms with Crippen molar-refractivity contribution >= 4 is 17.4 Å². The summed E-state index contributed by atoms with van der Waals surface area (Å²) in [7, 11) is 0. The monoisotopic (exact) mass is 347 g/mol. The van der Waals surface area contributed by atoms with Crippen LogP contribution in [0, 0.1) is 11.3 Å². The Bertz CT molecular complexity index is 864. The van der Waals surface area contributed by atoms with Gasteiger partial charge in [0.2, 0.25) is 0 Å². The maximum atomic E-state index is 12.8. The molecule has 6 heteroatoms. The van der Waals surface area contributed by atoms with Crippen molar-refractivity contribution < 1.29 is 4.79 Å². The Hall–Kier alpha value is -3.07. The van der Waals surface area contributed by atoms with Gasteiger partial charge in [0.15, 0.2) is 5.82 Å². The Kier molecular flexibility index (Phi) is 4.44. The van der Waals surface area contributed by atoms with Gasteiger partial charge in [-0.25, -0.2) is 4.79 Å². The zero-order chi connectivity index (χ0) is 17.9. The predicted octanol–water partition coefficient (Wildman–Crippen LogP) is 3.65. The molecule has 2 bridgehead atoms. The maximum absolute atomic E-state index is 12.8. The van der Waals surface area contributed by atoms with Gasteiger partial charge >= 0.3 is 6.03 Å². The molecule has 2 amide bonds. The summed E-state index contributed by atoms with van der Waals surface area (Å²) >= 11 is 0. The van der Waals surface area contributed by atoms with Gasteiger partial charge < -0.3 is 4.90 Å². The van der Waals surface area contributed by atoms with Crippen LogP contribution in [0.3, 0.4) is 0 Å². The first-order valence-electron chi connectivity index (χ1n) is 9.00. The van der Waals surface area contributed by atoms with E-state index in [1.54, 1.807) is 16.9 Å². The second-order valence-electron chi connectivity index (χ2n) is 6.77. The van der Waals surface area contributed by atoms with Crippen molar-refractivity contribution in [3.05, 3.63) is 54.2 Å². The average molecular weight is 347 g/mol. The van der Waals surface area contributed by atoms with E-state index < -0.39 is 0 Å². The molecule has 132 valence electrons. The molecule has 26 heavy (non-hydrogen) atoms. The summed E-state index contributed by atoms with van der Waals surface area (Å²) in [4.78, 5) is 14.7. The van der Waals surface area contributed by atoms with Crippen LogP contribution < -0.4 is 5.32 Å². The molecular formula is C20H21N5O. The van der Waals surface area contributed by atoms with E-state index in [4.69, 9.17) is 5.26 Å². The van der Waals surface area contributed by atoms with Crippen molar-refractivity contribution in [2.75, 3.05) is 5.32 Å². The van der Waals surface area contributed by atoms with Crippen LogP contribution >= 0.6 is 0 Å². The largest absolute Gasteiger partial charge is 0.323 e. The molecule has 1 N–H and O–H groups in total. The molecule has 6 nitrogen and oxygen atoms in total. The fourth-order valence-corrected chi connectivity index (χ4v) is 3.90. The first kappa shape index (κ1) is 16.4. The van der Waals surface area contributed by atoms with E-state index >= 15 is 0 Å². The summed E-state index contributed by atoms with van der Waals surface area (Å²) in [6.07, 6.45) is 7.35. The number of carbonyl (C=O) groups excluding carboxylic acids is 1. The molecule has 0 aliphatic carbocycles. The molecule has 3 heterocycles. The lowest BCUT2D eigenvalue weighted by Crippen LogP contribution is -2.45. The summed E-state index contributed by atoms with van der Waals surface area (Å²) in [6, 6.07) is 14.6. The summed E-state index contributed by atoms with van der Waals surface area (Å²) < 4.78 is 1.68. The first-order chi connectivity index (χ1) is 12.7. The molecule has 2 aliphatic rings. The zero-order valence-corrected chi connectivity index (χ0v) is 14.5. The van der Waals surface area contributed by atoms with E-state index in [-0.39, 0.29) is 18.1 Å². The van der Waals surface area contributed by atoms with Crippen LogP contribution in [0.25, 0.3) is 5.57 Å². The minimum absolute atomic E-state index is 0.0913. The molecule has 1 aromatic carbocycles. The van der Waals surface area contributed by atoms with Crippen LogP contribution in [0.4, 0.5) is 10.6 Å². The van der Waals surface area contributed by atoms with Crippen LogP contribution in [0.1, 0.15) is 31.2 Å². The van der Waals surface area contributed by atoms with Crippen LogP contribution in [0.2, 0.25) is 0 Å². The van der Waals surface area contributed by atoms with Crippen LogP contribution in [-0.4, -0.2) is 32.8 Å². The van der Waals surface area contributed by atoms with E-state index in [0.717, 1.165) is 19.3 Å². The highest BCUT2D eigenvalue weighted by Crippen LogP contribution is 2.38. The Labute approximate surface area is 152 Å². The highest BCUT2D eigenvalue weighted by atomic mass is 16.2. The fraction of sp³-hybridized carbons (Fsp3) is 0.350. The SMILES string of the molecule is N#CCCn1ccc(NC(=O)N2[C@@H]3CC[C@@H]2C=C(c2ccccc2)C3)n1. The number of nitrogens with zero attached hydrogens (tertiary/aromatic N) is 4. The number of nitriles is 1. The molecule has 2 atom stereocenters. The van der Waals surface area contributed by atoms with Crippen molar-refractivity contribution in [1.29, 1.82) is 5.26 Å². The summed E-state index contributed by atoms with van der Waals surface area (Å²) in [5.74, 6) is 0.533. The van der Waals surface area contributed by atoms with Crippen LogP contribution in [-0.2, 0) is 6.54 Å². The maximum Gasteiger partial charge on any atom is 0.323 e. The number of aromatic nitrogens is 2. The Morgan fingerprint density at radius 2 is 2.12 bits per heavy atom. The third-order valence-electron chi connectivity index (χ3n) is 5.10. The van der Waals surface area contributed by atoms with Gasteiger partial charge in [0.1, 0.15) is 0 Å². The van der Waals surface area contributed by atoms with E-state index in [1.165, 1.54) is 11.1 Å². The molecule has 2 aliphatic heterocycles. The lowest BCUT2D eigenvalue weighted by atomic mass is 9.95. The Morgan fingerprint density at radius 1 is 1.27 bits per heavy atom. The Morgan fingerprint density at radius 3 is 2.88 bits per heavy atom. The average Bonchev–Trinajstić information content (AvgIpc) is 3.22. The smallest absolute Gasteiger partial charge is 0.315 e. The van der Waals surface area contributed by atoms with Crippen LogP contribution in [0.15, 0.2) is 48.7 Å². The number of aryl methyl sites for hydroxylation is 1. The number of hydrogen-bond acceptors (Lipinski definition) is 3. The second kappa shape index (κ2) is 7.04. The predicted molar refractivity (Wildman–Crippen MR) is 99.2 cm³/mol. The van der Waals surface area contributed by atoms with E-state index in [1.807, 2.05) is 11.0 Å². The molecule has 2 aromatic rings. The van der Waals surface area contributed by atoms with Gasteiger partial charge in [-0.2, -0.15) is 10.4 Å². The number of rotatable bonds is 4. The van der Waals surface area contributed by atoms with Crippen molar-refractivity contribution in [2.24, 2.45) is 0 Å². The lowest BCUT2D eigenvalue weighted by Gasteiger charge is -2.34. The van der Waals surface area contributed by atoms with Gasteiger partial charge in [-0.15, -0.1) is 0 Å². The lowest BCUT2D eigenvalue weighted by molar-refractivity contribution is 0.193. The molecule has 0 spiro atoms. The van der Waals surface area contributed by atoms with E-state index in [2.05, 4.69) is 46.8 Å². The summed E-state index contributed by atoms with van der Waals surface area (Å²) in [5, 5.41) is 15.9. The molecular weight excluding hydrogens is 326 g/mol. The number of nitrogens with one attached hydrogen (secondary N) is 1. The third-order valence-corrected chi connectivity index (χ3v) is 5.10. The number of carbonyl (C=O) groups is 1. The number of fused-ring (bicyclic) bond motifs is 2. The number of hydrogen-bond donors (Lipinski definition) is 1. The molecule has 1 saturated heterocycles. The summed E-state index contributed by atoms with van der Waals surface area (Å²) in [6.45, 7) is 0.532. The highest BCUT2D eigenvalue weighted by molar-refractivity contribution is 5.90. The molecule has 1 aromatic heterocycles. The molecule has 0 unspecified atom stereocenters. The minimum Gasteiger partial charge on any atom is -0.315 e. The third kappa shape index (κ3) is 3.21. The van der Waals surface area contributed by atoms with Crippen molar-refractivity contribution in [1.82, 2.24) is 14.7 Å². The second-order valence-corrected chi connectivity index (χ2v) is 6.77. The van der Waals surface area contributed by atoms with Gasteiger partial charge in [0.25, 0.3) is 0 Å².